The molecule has 3 aliphatic heterocycles. The predicted octanol–water partition coefficient (Wildman–Crippen LogP) is 2.09. The first-order valence-corrected chi connectivity index (χ1v) is 7.50. The molecule has 5 heteroatoms. The van der Waals surface area contributed by atoms with Crippen molar-refractivity contribution < 1.29 is 14.3 Å². The van der Waals surface area contributed by atoms with Gasteiger partial charge in [0.1, 0.15) is 0 Å². The first-order valence-electron chi connectivity index (χ1n) is 7.50. The third kappa shape index (κ3) is 2.48. The SMILES string of the molecule is CCOC(=O)N1[C@H]2CC[C@H](C(=O)NC2)[C@@H]1c1ccccc1. The maximum Gasteiger partial charge on any atom is 0.410 e. The van der Waals surface area contributed by atoms with Gasteiger partial charge in [0, 0.05) is 6.54 Å². The second-order valence-electron chi connectivity index (χ2n) is 5.54. The molecule has 0 saturated carbocycles. The lowest BCUT2D eigenvalue weighted by Crippen LogP contribution is -2.49. The molecule has 1 N–H and O–H groups in total. The third-order valence-corrected chi connectivity index (χ3v) is 4.35. The van der Waals surface area contributed by atoms with Crippen LogP contribution in [0.2, 0.25) is 0 Å². The van der Waals surface area contributed by atoms with E-state index in [4.69, 9.17) is 4.74 Å². The van der Waals surface area contributed by atoms with Crippen molar-refractivity contribution >= 4 is 12.0 Å². The average molecular weight is 288 g/mol. The largest absolute Gasteiger partial charge is 0.450 e. The van der Waals surface area contributed by atoms with Crippen molar-refractivity contribution in [3.63, 3.8) is 0 Å². The molecule has 0 aliphatic carbocycles. The third-order valence-electron chi connectivity index (χ3n) is 4.35. The van der Waals surface area contributed by atoms with Gasteiger partial charge in [0.25, 0.3) is 0 Å². The van der Waals surface area contributed by atoms with Crippen LogP contribution in [0.1, 0.15) is 31.4 Å². The van der Waals surface area contributed by atoms with Gasteiger partial charge in [-0.25, -0.2) is 4.79 Å². The maximum atomic E-state index is 12.4. The number of rotatable bonds is 2. The van der Waals surface area contributed by atoms with Gasteiger partial charge >= 0.3 is 6.09 Å². The van der Waals surface area contributed by atoms with E-state index in [1.54, 1.807) is 11.8 Å². The molecule has 0 radical (unpaired) electrons. The van der Waals surface area contributed by atoms with Crippen LogP contribution in [-0.4, -0.2) is 36.1 Å². The van der Waals surface area contributed by atoms with Crippen molar-refractivity contribution in [3.8, 4) is 0 Å². The molecule has 3 fully saturated rings. The van der Waals surface area contributed by atoms with Crippen molar-refractivity contribution in [1.29, 1.82) is 0 Å². The molecule has 3 saturated heterocycles. The molecular weight excluding hydrogens is 268 g/mol. The van der Waals surface area contributed by atoms with E-state index >= 15 is 0 Å². The van der Waals surface area contributed by atoms with E-state index in [-0.39, 0.29) is 30.0 Å². The summed E-state index contributed by atoms with van der Waals surface area (Å²) in [4.78, 5) is 26.5. The van der Waals surface area contributed by atoms with E-state index in [2.05, 4.69) is 5.32 Å². The summed E-state index contributed by atoms with van der Waals surface area (Å²) in [6.45, 7) is 2.65. The van der Waals surface area contributed by atoms with E-state index in [1.165, 1.54) is 0 Å². The molecule has 2 bridgehead atoms. The number of amides is 2. The minimum absolute atomic E-state index is 0.0111. The number of hydrogen-bond donors (Lipinski definition) is 1. The van der Waals surface area contributed by atoms with Crippen LogP contribution in [0.4, 0.5) is 4.79 Å². The molecule has 3 aliphatic rings. The number of carbonyl (C=O) groups is 2. The van der Waals surface area contributed by atoms with Crippen LogP contribution in [0, 0.1) is 5.92 Å². The summed E-state index contributed by atoms with van der Waals surface area (Å²) in [5.41, 5.74) is 0.998. The fourth-order valence-electron chi connectivity index (χ4n) is 3.42. The van der Waals surface area contributed by atoms with Gasteiger partial charge in [0.15, 0.2) is 0 Å². The van der Waals surface area contributed by atoms with Crippen molar-refractivity contribution in [2.75, 3.05) is 13.2 Å². The van der Waals surface area contributed by atoms with Crippen LogP contribution in [0.15, 0.2) is 30.3 Å². The highest BCUT2D eigenvalue weighted by Crippen LogP contribution is 2.41. The molecular formula is C16H20N2O3. The molecule has 1 aromatic carbocycles. The quantitative estimate of drug-likeness (QED) is 0.906. The normalized spacial score (nSPS) is 28.0. The number of nitrogens with one attached hydrogen (secondary N) is 1. The lowest BCUT2D eigenvalue weighted by Gasteiger charge is -2.42. The van der Waals surface area contributed by atoms with Gasteiger partial charge < -0.3 is 10.1 Å². The molecule has 3 heterocycles. The Balaban J connectivity index is 2.01. The Hall–Kier alpha value is -2.04. The topological polar surface area (TPSA) is 58.6 Å². The van der Waals surface area contributed by atoms with E-state index in [0.717, 1.165) is 18.4 Å². The Morgan fingerprint density at radius 3 is 2.81 bits per heavy atom. The minimum Gasteiger partial charge on any atom is -0.450 e. The summed E-state index contributed by atoms with van der Waals surface area (Å²) in [5.74, 6) is -0.159. The van der Waals surface area contributed by atoms with Crippen molar-refractivity contribution in [2.24, 2.45) is 5.92 Å². The molecule has 1 aromatic rings. The van der Waals surface area contributed by atoms with E-state index in [1.807, 2.05) is 30.3 Å². The second kappa shape index (κ2) is 5.76. The van der Waals surface area contributed by atoms with E-state index < -0.39 is 0 Å². The number of hydrogen-bond acceptors (Lipinski definition) is 3. The van der Waals surface area contributed by atoms with Crippen molar-refractivity contribution in [1.82, 2.24) is 10.2 Å². The van der Waals surface area contributed by atoms with Gasteiger partial charge in [-0.2, -0.15) is 0 Å². The summed E-state index contributed by atoms with van der Waals surface area (Å²) >= 11 is 0. The zero-order valence-corrected chi connectivity index (χ0v) is 12.1. The molecule has 112 valence electrons. The molecule has 21 heavy (non-hydrogen) atoms. The van der Waals surface area contributed by atoms with Crippen molar-refractivity contribution in [2.45, 2.75) is 31.8 Å². The average Bonchev–Trinajstić information content (AvgIpc) is 2.77. The standard InChI is InChI=1S/C16H20N2O3/c1-2-21-16(20)18-12-8-9-13(15(19)17-10-12)14(18)11-6-4-3-5-7-11/h3-7,12-14H,2,8-10H2,1H3,(H,17,19)/t12-,13-,14-/m0/s1. The van der Waals surface area contributed by atoms with Crippen LogP contribution in [0.3, 0.4) is 0 Å². The highest BCUT2D eigenvalue weighted by molar-refractivity contribution is 5.82. The first kappa shape index (κ1) is 13.9. The highest BCUT2D eigenvalue weighted by atomic mass is 16.6. The van der Waals surface area contributed by atoms with E-state index in [0.29, 0.717) is 13.2 Å². The Morgan fingerprint density at radius 1 is 1.33 bits per heavy atom. The number of benzene rings is 1. The molecule has 0 aromatic heterocycles. The molecule has 5 nitrogen and oxygen atoms in total. The zero-order chi connectivity index (χ0) is 14.8. The van der Waals surface area contributed by atoms with Crippen LogP contribution >= 0.6 is 0 Å². The summed E-state index contributed by atoms with van der Waals surface area (Å²) in [5, 5.41) is 2.94. The Morgan fingerprint density at radius 2 is 2.10 bits per heavy atom. The van der Waals surface area contributed by atoms with Gasteiger partial charge in [-0.05, 0) is 25.3 Å². The predicted molar refractivity (Wildman–Crippen MR) is 77.6 cm³/mol. The van der Waals surface area contributed by atoms with Gasteiger partial charge in [-0.3, -0.25) is 9.69 Å². The number of nitrogens with zero attached hydrogens (tertiary/aromatic N) is 1. The smallest absolute Gasteiger partial charge is 0.410 e. The number of piperidine rings is 1. The zero-order valence-electron chi connectivity index (χ0n) is 12.1. The Bertz CT molecular complexity index is 532. The van der Waals surface area contributed by atoms with Crippen LogP contribution < -0.4 is 5.32 Å². The first-order chi connectivity index (χ1) is 10.2. The Labute approximate surface area is 124 Å². The van der Waals surface area contributed by atoms with Gasteiger partial charge in [-0.15, -0.1) is 0 Å². The second-order valence-corrected chi connectivity index (χ2v) is 5.54. The molecule has 4 rings (SSSR count). The highest BCUT2D eigenvalue weighted by Gasteiger charge is 2.47. The van der Waals surface area contributed by atoms with Crippen LogP contribution in [0.25, 0.3) is 0 Å². The molecule has 3 atom stereocenters. The van der Waals surface area contributed by atoms with Crippen LogP contribution in [-0.2, 0) is 9.53 Å². The lowest BCUT2D eigenvalue weighted by molar-refractivity contribution is -0.126. The van der Waals surface area contributed by atoms with Gasteiger partial charge in [0.2, 0.25) is 5.91 Å². The summed E-state index contributed by atoms with van der Waals surface area (Å²) < 4.78 is 5.22. The summed E-state index contributed by atoms with van der Waals surface area (Å²) in [6, 6.07) is 9.55. The summed E-state index contributed by atoms with van der Waals surface area (Å²) in [6.07, 6.45) is 1.33. The molecule has 0 unspecified atom stereocenters. The molecule has 2 amide bonds. The Kier molecular flexibility index (Phi) is 3.82. The van der Waals surface area contributed by atoms with E-state index in [9.17, 15) is 9.59 Å². The van der Waals surface area contributed by atoms with Crippen LogP contribution in [0.5, 0.6) is 0 Å². The minimum atomic E-state index is -0.322. The monoisotopic (exact) mass is 288 g/mol. The fourth-order valence-corrected chi connectivity index (χ4v) is 3.42. The number of fused-ring (bicyclic) bond motifs is 4. The van der Waals surface area contributed by atoms with Crippen molar-refractivity contribution in [3.05, 3.63) is 35.9 Å². The fraction of sp³-hybridized carbons (Fsp3) is 0.500. The number of carbonyl (C=O) groups excluding carboxylic acids is 2. The number of ether oxygens (including phenoxy) is 1. The maximum absolute atomic E-state index is 12.4. The summed E-state index contributed by atoms with van der Waals surface area (Å²) in [7, 11) is 0. The molecule has 0 spiro atoms. The lowest BCUT2D eigenvalue weighted by atomic mass is 9.83. The van der Waals surface area contributed by atoms with Gasteiger partial charge in [0.05, 0.1) is 24.6 Å². The van der Waals surface area contributed by atoms with Gasteiger partial charge in [-0.1, -0.05) is 30.3 Å².